The molecule has 26 heavy (non-hydrogen) atoms. The van der Waals surface area contributed by atoms with E-state index in [0.717, 1.165) is 12.2 Å². The molecule has 0 saturated carbocycles. The first-order valence-corrected chi connectivity index (χ1v) is 8.52. The Morgan fingerprint density at radius 2 is 2.00 bits per heavy atom. The van der Waals surface area contributed by atoms with Gasteiger partial charge in [0.15, 0.2) is 0 Å². The Morgan fingerprint density at radius 3 is 2.62 bits per heavy atom. The maximum absolute atomic E-state index is 12.3. The van der Waals surface area contributed by atoms with Gasteiger partial charge >= 0.3 is 0 Å². The highest BCUT2D eigenvalue weighted by Crippen LogP contribution is 2.25. The van der Waals surface area contributed by atoms with E-state index >= 15 is 0 Å². The molecule has 0 radical (unpaired) electrons. The third-order valence-electron chi connectivity index (χ3n) is 4.14. The van der Waals surface area contributed by atoms with Crippen LogP contribution in [-0.4, -0.2) is 37.5 Å². The molecule has 0 spiro atoms. The van der Waals surface area contributed by atoms with Crippen LogP contribution in [0.1, 0.15) is 22.8 Å². The summed E-state index contributed by atoms with van der Waals surface area (Å²) in [5.74, 6) is -0.323. The monoisotopic (exact) mass is 356 g/mol. The number of nitro groups is 1. The number of anilines is 2. The summed E-state index contributed by atoms with van der Waals surface area (Å²) in [5, 5.41) is 16.7. The maximum atomic E-state index is 12.3. The predicted molar refractivity (Wildman–Crippen MR) is 104 cm³/mol. The number of hydrogen-bond acceptors (Lipinski definition) is 5. The van der Waals surface area contributed by atoms with Crippen LogP contribution in [0.5, 0.6) is 0 Å². The van der Waals surface area contributed by atoms with Crippen molar-refractivity contribution in [2.45, 2.75) is 13.8 Å². The van der Waals surface area contributed by atoms with E-state index in [4.69, 9.17) is 0 Å². The molecule has 2 aromatic carbocycles. The van der Waals surface area contributed by atoms with Gasteiger partial charge in [-0.3, -0.25) is 14.9 Å². The van der Waals surface area contributed by atoms with Gasteiger partial charge in [0.05, 0.1) is 4.92 Å². The molecule has 2 rings (SSSR count). The van der Waals surface area contributed by atoms with Crippen molar-refractivity contribution < 1.29 is 9.72 Å². The number of nitro benzene ring substituents is 1. The first-order chi connectivity index (χ1) is 12.5. The fourth-order valence-corrected chi connectivity index (χ4v) is 2.74. The first-order valence-electron chi connectivity index (χ1n) is 8.52. The minimum Gasteiger partial charge on any atom is -0.383 e. The highest BCUT2D eigenvalue weighted by molar-refractivity contribution is 5.95. The highest BCUT2D eigenvalue weighted by atomic mass is 16.6. The normalized spacial score (nSPS) is 10.3. The molecule has 2 aromatic rings. The van der Waals surface area contributed by atoms with Gasteiger partial charge in [-0.15, -0.1) is 0 Å². The molecule has 0 aliphatic carbocycles. The van der Waals surface area contributed by atoms with Crippen LogP contribution < -0.4 is 15.5 Å². The Labute approximate surface area is 153 Å². The van der Waals surface area contributed by atoms with Crippen molar-refractivity contribution in [2.75, 3.05) is 36.9 Å². The van der Waals surface area contributed by atoms with Crippen molar-refractivity contribution in [3.8, 4) is 0 Å². The van der Waals surface area contributed by atoms with Crippen molar-refractivity contribution in [3.63, 3.8) is 0 Å². The van der Waals surface area contributed by atoms with Gasteiger partial charge in [-0.05, 0) is 43.7 Å². The van der Waals surface area contributed by atoms with E-state index in [1.165, 1.54) is 17.7 Å². The first kappa shape index (κ1) is 19.2. The number of rotatable bonds is 8. The third-order valence-corrected chi connectivity index (χ3v) is 4.14. The molecule has 0 aromatic heterocycles. The van der Waals surface area contributed by atoms with Crippen LogP contribution in [0, 0.1) is 17.0 Å². The van der Waals surface area contributed by atoms with Gasteiger partial charge in [0, 0.05) is 44.0 Å². The second-order valence-electron chi connectivity index (χ2n) is 5.91. The molecular formula is C19H24N4O3. The number of likely N-dealkylation sites (N-methyl/N-ethyl adjacent to an activating group) is 1. The second-order valence-corrected chi connectivity index (χ2v) is 5.91. The van der Waals surface area contributed by atoms with E-state index in [0.29, 0.717) is 18.8 Å². The summed E-state index contributed by atoms with van der Waals surface area (Å²) in [5.41, 5.74) is 2.82. The van der Waals surface area contributed by atoms with Crippen LogP contribution in [0.15, 0.2) is 42.5 Å². The average Bonchev–Trinajstić information content (AvgIpc) is 2.64. The number of nitrogens with zero attached hydrogens (tertiary/aromatic N) is 2. The average molecular weight is 356 g/mol. The van der Waals surface area contributed by atoms with Crippen molar-refractivity contribution in [3.05, 3.63) is 63.7 Å². The van der Waals surface area contributed by atoms with Crippen LogP contribution in [0.4, 0.5) is 17.1 Å². The lowest BCUT2D eigenvalue weighted by atomic mass is 10.1. The van der Waals surface area contributed by atoms with E-state index < -0.39 is 4.92 Å². The van der Waals surface area contributed by atoms with Crippen molar-refractivity contribution >= 4 is 23.0 Å². The zero-order chi connectivity index (χ0) is 19.1. The number of amides is 1. The van der Waals surface area contributed by atoms with Gasteiger partial charge in [0.2, 0.25) is 0 Å². The summed E-state index contributed by atoms with van der Waals surface area (Å²) in [6.07, 6.45) is 0. The van der Waals surface area contributed by atoms with E-state index in [1.807, 2.05) is 25.1 Å². The summed E-state index contributed by atoms with van der Waals surface area (Å²) in [4.78, 5) is 25.1. The fraction of sp³-hybridized carbons (Fsp3) is 0.316. The number of benzene rings is 2. The zero-order valence-electron chi connectivity index (χ0n) is 15.3. The molecule has 0 aliphatic rings. The summed E-state index contributed by atoms with van der Waals surface area (Å²) in [7, 11) is 1.60. The zero-order valence-corrected chi connectivity index (χ0v) is 15.3. The number of aryl methyl sites for hydroxylation is 1. The Bertz CT molecular complexity index is 792. The second kappa shape index (κ2) is 8.84. The SMILES string of the molecule is CCN(CCNC(=O)c1ccc(NC)c([N+](=O)[O-])c1)c1cccc(C)c1. The molecule has 0 atom stereocenters. The molecule has 1 amide bonds. The van der Waals surface area contributed by atoms with Gasteiger partial charge in [0.25, 0.3) is 11.6 Å². The summed E-state index contributed by atoms with van der Waals surface area (Å²) in [6, 6.07) is 12.6. The van der Waals surface area contributed by atoms with E-state index in [-0.39, 0.29) is 17.2 Å². The van der Waals surface area contributed by atoms with Gasteiger partial charge in [0.1, 0.15) is 5.69 Å². The van der Waals surface area contributed by atoms with Crippen molar-refractivity contribution in [2.24, 2.45) is 0 Å². The smallest absolute Gasteiger partial charge is 0.293 e. The predicted octanol–water partition coefficient (Wildman–Crippen LogP) is 3.20. The highest BCUT2D eigenvalue weighted by Gasteiger charge is 2.16. The minimum atomic E-state index is -0.501. The number of hydrogen-bond donors (Lipinski definition) is 2. The third kappa shape index (κ3) is 4.72. The standard InChI is InChI=1S/C19H24N4O3/c1-4-22(16-7-5-6-14(2)12-16)11-10-21-19(24)15-8-9-17(20-3)18(13-15)23(25)26/h5-9,12-13,20H,4,10-11H2,1-3H3,(H,21,24). The number of nitrogens with one attached hydrogen (secondary N) is 2. The Morgan fingerprint density at radius 1 is 1.23 bits per heavy atom. The topological polar surface area (TPSA) is 87.5 Å². The fourth-order valence-electron chi connectivity index (χ4n) is 2.74. The van der Waals surface area contributed by atoms with Crippen LogP contribution in [-0.2, 0) is 0 Å². The lowest BCUT2D eigenvalue weighted by molar-refractivity contribution is -0.384. The van der Waals surface area contributed by atoms with Crippen LogP contribution in [0.25, 0.3) is 0 Å². The molecule has 7 heteroatoms. The Hall–Kier alpha value is -3.09. The van der Waals surface area contributed by atoms with Crippen LogP contribution in [0.2, 0.25) is 0 Å². The molecule has 0 aliphatic heterocycles. The summed E-state index contributed by atoms with van der Waals surface area (Å²) in [6.45, 7) is 6.02. The van der Waals surface area contributed by atoms with Gasteiger partial charge in [-0.2, -0.15) is 0 Å². The molecule has 0 unspecified atom stereocenters. The molecule has 2 N–H and O–H groups in total. The molecule has 0 fully saturated rings. The molecule has 0 bridgehead atoms. The molecule has 0 saturated heterocycles. The van der Waals surface area contributed by atoms with E-state index in [9.17, 15) is 14.9 Å². The maximum Gasteiger partial charge on any atom is 0.293 e. The largest absolute Gasteiger partial charge is 0.383 e. The Kier molecular flexibility index (Phi) is 6.54. The van der Waals surface area contributed by atoms with E-state index in [1.54, 1.807) is 13.1 Å². The van der Waals surface area contributed by atoms with Crippen molar-refractivity contribution in [1.82, 2.24) is 5.32 Å². The lowest BCUT2D eigenvalue weighted by Gasteiger charge is -2.23. The number of carbonyl (C=O) groups excluding carboxylic acids is 1. The van der Waals surface area contributed by atoms with Gasteiger partial charge < -0.3 is 15.5 Å². The molecule has 0 heterocycles. The summed E-state index contributed by atoms with van der Waals surface area (Å²) >= 11 is 0. The minimum absolute atomic E-state index is 0.116. The number of carbonyl (C=O) groups is 1. The van der Waals surface area contributed by atoms with Gasteiger partial charge in [-0.25, -0.2) is 0 Å². The quantitative estimate of drug-likeness (QED) is 0.560. The lowest BCUT2D eigenvalue weighted by Crippen LogP contribution is -2.35. The molecular weight excluding hydrogens is 332 g/mol. The molecule has 138 valence electrons. The Balaban J connectivity index is 2.00. The van der Waals surface area contributed by atoms with Crippen molar-refractivity contribution in [1.29, 1.82) is 0 Å². The van der Waals surface area contributed by atoms with E-state index in [2.05, 4.69) is 28.5 Å². The molecule has 7 nitrogen and oxygen atoms in total. The van der Waals surface area contributed by atoms with Gasteiger partial charge in [-0.1, -0.05) is 12.1 Å². The van der Waals surface area contributed by atoms with Crippen LogP contribution >= 0.6 is 0 Å². The van der Waals surface area contributed by atoms with Crippen LogP contribution in [0.3, 0.4) is 0 Å². The summed E-state index contributed by atoms with van der Waals surface area (Å²) < 4.78 is 0.